The highest BCUT2D eigenvalue weighted by Gasteiger charge is 2.52. The number of hydrogen-bond acceptors (Lipinski definition) is 4. The number of amides is 1. The maximum absolute atomic E-state index is 13.7. The highest BCUT2D eigenvalue weighted by Crippen LogP contribution is 2.40. The normalized spacial score (nSPS) is 21.8. The zero-order valence-electron chi connectivity index (χ0n) is 21.6. The fourth-order valence-electron chi connectivity index (χ4n) is 5.68. The summed E-state index contributed by atoms with van der Waals surface area (Å²) < 4.78 is 14.8. The molecule has 1 aromatic carbocycles. The number of carbonyl (C=O) groups is 2. The van der Waals surface area contributed by atoms with Crippen LogP contribution in [0.15, 0.2) is 24.3 Å². The van der Waals surface area contributed by atoms with Crippen LogP contribution in [0.2, 0.25) is 0 Å². The number of anilines is 1. The second kappa shape index (κ2) is 7.97. The van der Waals surface area contributed by atoms with E-state index in [0.29, 0.717) is 13.0 Å². The molecular formula is C27H35BN2O5. The van der Waals surface area contributed by atoms with E-state index < -0.39 is 24.3 Å². The van der Waals surface area contributed by atoms with Gasteiger partial charge in [-0.2, -0.15) is 0 Å². The Labute approximate surface area is 207 Å². The van der Waals surface area contributed by atoms with Crippen molar-refractivity contribution >= 4 is 30.1 Å². The third kappa shape index (κ3) is 4.00. The lowest BCUT2D eigenvalue weighted by molar-refractivity contribution is -0.136. The number of rotatable bonds is 5. The summed E-state index contributed by atoms with van der Waals surface area (Å²) in [6, 6.07) is 7.81. The molecule has 7 nitrogen and oxygen atoms in total. The molecule has 0 atom stereocenters. The monoisotopic (exact) mass is 478 g/mol. The summed E-state index contributed by atoms with van der Waals surface area (Å²) >= 11 is 0. The molecule has 2 aliphatic heterocycles. The predicted molar refractivity (Wildman–Crippen MR) is 135 cm³/mol. The van der Waals surface area contributed by atoms with Gasteiger partial charge in [0.25, 0.3) is 5.91 Å². The van der Waals surface area contributed by atoms with Crippen molar-refractivity contribution in [3.63, 3.8) is 0 Å². The van der Waals surface area contributed by atoms with Crippen LogP contribution in [0.5, 0.6) is 0 Å². The van der Waals surface area contributed by atoms with Crippen molar-refractivity contribution in [2.45, 2.75) is 85.0 Å². The number of aliphatic carboxylic acids is 1. The Morgan fingerprint density at radius 3 is 2.40 bits per heavy atom. The summed E-state index contributed by atoms with van der Waals surface area (Å²) in [4.78, 5) is 27.1. The van der Waals surface area contributed by atoms with E-state index in [9.17, 15) is 14.7 Å². The molecule has 1 N–H and O–H groups in total. The van der Waals surface area contributed by atoms with E-state index in [-0.39, 0.29) is 17.7 Å². The molecule has 0 radical (unpaired) electrons. The zero-order chi connectivity index (χ0) is 25.3. The van der Waals surface area contributed by atoms with Crippen molar-refractivity contribution < 1.29 is 24.0 Å². The number of nitrogens with zero attached hydrogens (tertiary/aromatic N) is 2. The van der Waals surface area contributed by atoms with Crippen molar-refractivity contribution in [1.29, 1.82) is 0 Å². The third-order valence-electron chi connectivity index (χ3n) is 8.20. The van der Waals surface area contributed by atoms with Gasteiger partial charge in [-0.1, -0.05) is 26.0 Å². The number of carboxylic acid groups (broad SMARTS) is 1. The molecular weight excluding hydrogens is 443 g/mol. The minimum absolute atomic E-state index is 0.0360. The van der Waals surface area contributed by atoms with Crippen LogP contribution in [-0.4, -0.2) is 46.4 Å². The van der Waals surface area contributed by atoms with E-state index >= 15 is 0 Å². The first-order valence-corrected chi connectivity index (χ1v) is 12.5. The molecule has 0 spiro atoms. The lowest BCUT2D eigenvalue weighted by Crippen LogP contribution is -2.43. The maximum Gasteiger partial charge on any atom is 0.495 e. The summed E-state index contributed by atoms with van der Waals surface area (Å²) in [6.07, 6.45) is 2.22. The SMILES string of the molecule is CC1(C)Cc2cc3n(c2C1)CCN(c1cccc(B2OC(C)(C)C(C)(C)O2)c1CCC(=O)O)C3=O. The van der Waals surface area contributed by atoms with Crippen molar-refractivity contribution in [2.24, 2.45) is 5.41 Å². The molecule has 5 rings (SSSR count). The highest BCUT2D eigenvalue weighted by atomic mass is 16.7. The van der Waals surface area contributed by atoms with E-state index in [1.807, 2.05) is 50.8 Å². The topological polar surface area (TPSA) is 81.0 Å². The molecule has 0 saturated carbocycles. The molecule has 186 valence electrons. The molecule has 1 fully saturated rings. The molecule has 0 bridgehead atoms. The Balaban J connectivity index is 1.52. The number of carboxylic acids is 1. The summed E-state index contributed by atoms with van der Waals surface area (Å²) in [7, 11) is -0.626. The second-order valence-corrected chi connectivity index (χ2v) is 12.0. The second-order valence-electron chi connectivity index (χ2n) is 12.0. The quantitative estimate of drug-likeness (QED) is 0.665. The van der Waals surface area contributed by atoms with Gasteiger partial charge >= 0.3 is 13.1 Å². The van der Waals surface area contributed by atoms with Crippen LogP contribution >= 0.6 is 0 Å². The Morgan fingerprint density at radius 1 is 1.06 bits per heavy atom. The van der Waals surface area contributed by atoms with Crippen LogP contribution in [0.4, 0.5) is 5.69 Å². The summed E-state index contributed by atoms with van der Waals surface area (Å²) in [5.74, 6) is -0.913. The summed E-state index contributed by atoms with van der Waals surface area (Å²) in [5, 5.41) is 9.44. The van der Waals surface area contributed by atoms with Gasteiger partial charge in [0.2, 0.25) is 0 Å². The third-order valence-corrected chi connectivity index (χ3v) is 8.20. The molecule has 1 aromatic heterocycles. The van der Waals surface area contributed by atoms with Gasteiger partial charge in [-0.25, -0.2) is 0 Å². The number of fused-ring (bicyclic) bond motifs is 3. The summed E-state index contributed by atoms with van der Waals surface area (Å²) in [6.45, 7) is 13.8. The molecule has 3 heterocycles. The predicted octanol–water partition coefficient (Wildman–Crippen LogP) is 3.59. The standard InChI is InChI=1S/C27H35BN2O5/c1-25(2)15-17-14-21-24(33)30(13-12-29(21)22(17)16-25)20-9-7-8-19(18(20)10-11-23(31)32)28-34-26(3,4)27(5,6)35-28/h7-9,14H,10-13,15-16H2,1-6H3,(H,31,32). The first-order chi connectivity index (χ1) is 16.3. The summed E-state index contributed by atoms with van der Waals surface area (Å²) in [5.41, 5.74) is 4.82. The Morgan fingerprint density at radius 2 is 1.74 bits per heavy atom. The minimum Gasteiger partial charge on any atom is -0.481 e. The molecule has 35 heavy (non-hydrogen) atoms. The van der Waals surface area contributed by atoms with Gasteiger partial charge in [-0.3, -0.25) is 9.59 Å². The number of benzene rings is 1. The minimum atomic E-state index is -0.877. The van der Waals surface area contributed by atoms with Gasteiger partial charge in [0.1, 0.15) is 5.69 Å². The smallest absolute Gasteiger partial charge is 0.481 e. The van der Waals surface area contributed by atoms with Crippen LogP contribution in [-0.2, 0) is 39.9 Å². The highest BCUT2D eigenvalue weighted by molar-refractivity contribution is 6.62. The lowest BCUT2D eigenvalue weighted by atomic mass is 9.74. The fourth-order valence-corrected chi connectivity index (χ4v) is 5.68. The fraction of sp³-hybridized carbons (Fsp3) is 0.556. The van der Waals surface area contributed by atoms with E-state index in [1.54, 1.807) is 0 Å². The first kappa shape index (κ1) is 24.1. The Bertz CT molecular complexity index is 1200. The maximum atomic E-state index is 13.7. The van der Waals surface area contributed by atoms with Crippen molar-refractivity contribution in [1.82, 2.24) is 4.57 Å². The van der Waals surface area contributed by atoms with Crippen LogP contribution in [0.3, 0.4) is 0 Å². The van der Waals surface area contributed by atoms with Gasteiger partial charge in [0.15, 0.2) is 0 Å². The van der Waals surface area contributed by atoms with Gasteiger partial charge in [-0.15, -0.1) is 0 Å². The van der Waals surface area contributed by atoms with E-state index in [1.165, 1.54) is 11.3 Å². The Hall–Kier alpha value is -2.58. The molecule has 2 aromatic rings. The molecule has 1 amide bonds. The van der Waals surface area contributed by atoms with E-state index in [2.05, 4.69) is 24.5 Å². The van der Waals surface area contributed by atoms with Crippen LogP contribution in [0.25, 0.3) is 0 Å². The molecule has 1 saturated heterocycles. The van der Waals surface area contributed by atoms with E-state index in [0.717, 1.165) is 41.8 Å². The van der Waals surface area contributed by atoms with Crippen LogP contribution in [0, 0.1) is 5.41 Å². The van der Waals surface area contributed by atoms with Crippen molar-refractivity contribution in [3.05, 3.63) is 46.8 Å². The number of aromatic nitrogens is 1. The number of carbonyl (C=O) groups excluding carboxylic acids is 1. The number of hydrogen-bond donors (Lipinski definition) is 1. The largest absolute Gasteiger partial charge is 0.495 e. The average molecular weight is 478 g/mol. The van der Waals surface area contributed by atoms with Gasteiger partial charge in [-0.05, 0) is 81.1 Å². The molecule has 0 unspecified atom stereocenters. The van der Waals surface area contributed by atoms with Gasteiger partial charge in [0, 0.05) is 30.9 Å². The van der Waals surface area contributed by atoms with Crippen LogP contribution < -0.4 is 10.4 Å². The lowest BCUT2D eigenvalue weighted by Gasteiger charge is -2.32. The van der Waals surface area contributed by atoms with E-state index in [4.69, 9.17) is 9.31 Å². The molecule has 8 heteroatoms. The van der Waals surface area contributed by atoms with Gasteiger partial charge in [0.05, 0.1) is 11.2 Å². The molecule has 3 aliphatic rings. The van der Waals surface area contributed by atoms with Crippen LogP contribution in [0.1, 0.15) is 75.3 Å². The first-order valence-electron chi connectivity index (χ1n) is 12.5. The van der Waals surface area contributed by atoms with Gasteiger partial charge < -0.3 is 23.9 Å². The Kier molecular flexibility index (Phi) is 5.49. The van der Waals surface area contributed by atoms with Crippen molar-refractivity contribution in [3.8, 4) is 0 Å². The average Bonchev–Trinajstić information content (AvgIpc) is 3.31. The van der Waals surface area contributed by atoms with Crippen molar-refractivity contribution in [2.75, 3.05) is 11.4 Å². The molecule has 1 aliphatic carbocycles. The zero-order valence-corrected chi connectivity index (χ0v) is 21.6.